The zero-order valence-electron chi connectivity index (χ0n) is 18.7. The van der Waals surface area contributed by atoms with Gasteiger partial charge < -0.3 is 25.2 Å². The van der Waals surface area contributed by atoms with Crippen molar-refractivity contribution >= 4 is 29.7 Å². The van der Waals surface area contributed by atoms with Gasteiger partial charge in [-0.05, 0) is 17.7 Å². The smallest absolute Gasteiger partial charge is 0.336 e. The lowest BCUT2D eigenvalue weighted by atomic mass is 9.79. The van der Waals surface area contributed by atoms with Gasteiger partial charge in [-0.1, -0.05) is 78.5 Å². The fraction of sp³-hybridized carbons (Fsp3) is 0.192. The van der Waals surface area contributed by atoms with Crippen molar-refractivity contribution < 1.29 is 39.5 Å². The molecule has 3 aromatic carbocycles. The van der Waals surface area contributed by atoms with Gasteiger partial charge >= 0.3 is 17.9 Å². The first-order valence-corrected chi connectivity index (χ1v) is 11.3. The first kappa shape index (κ1) is 26.0. The summed E-state index contributed by atoms with van der Waals surface area (Å²) >= 11 is 1.81. The third-order valence-electron chi connectivity index (χ3n) is 5.52. The number of aliphatic carboxylic acids is 3. The molecule has 0 atom stereocenters. The quantitative estimate of drug-likeness (QED) is 0.384. The highest BCUT2D eigenvalue weighted by atomic mass is 32.2. The molecule has 0 unspecified atom stereocenters. The van der Waals surface area contributed by atoms with E-state index in [2.05, 4.69) is 72.8 Å². The Balaban J connectivity index is 0.000000228. The van der Waals surface area contributed by atoms with Gasteiger partial charge in [-0.25, -0.2) is 4.79 Å². The Labute approximate surface area is 205 Å². The molecule has 0 fully saturated rings. The summed E-state index contributed by atoms with van der Waals surface area (Å²) in [5.74, 6) is -5.02. The molecule has 1 aliphatic rings. The molecule has 0 spiro atoms. The Morgan fingerprint density at radius 1 is 0.771 bits per heavy atom. The second-order valence-corrected chi connectivity index (χ2v) is 8.91. The molecule has 182 valence electrons. The van der Waals surface area contributed by atoms with Crippen LogP contribution in [-0.2, 0) is 24.7 Å². The molecule has 0 aromatic heterocycles. The molecule has 0 saturated carbocycles. The summed E-state index contributed by atoms with van der Waals surface area (Å²) in [5.41, 5.74) is 0.315. The van der Waals surface area contributed by atoms with Gasteiger partial charge in [0, 0.05) is 28.0 Å². The Hall–Kier alpha value is -3.66. The van der Waals surface area contributed by atoms with E-state index in [4.69, 9.17) is 25.2 Å². The molecule has 1 heterocycles. The van der Waals surface area contributed by atoms with Crippen molar-refractivity contribution in [2.24, 2.45) is 0 Å². The predicted octanol–water partition coefficient (Wildman–Crippen LogP) is 3.84. The van der Waals surface area contributed by atoms with Crippen LogP contribution in [0.2, 0.25) is 0 Å². The van der Waals surface area contributed by atoms with E-state index in [1.54, 1.807) is 7.11 Å². The normalized spacial score (nSPS) is 13.4. The maximum atomic E-state index is 10.3. The summed E-state index contributed by atoms with van der Waals surface area (Å²) in [5, 5.41) is 33.8. The lowest BCUT2D eigenvalue weighted by molar-refractivity contribution is -0.170. The van der Waals surface area contributed by atoms with Crippen molar-refractivity contribution in [2.75, 3.05) is 7.11 Å². The van der Waals surface area contributed by atoms with Crippen LogP contribution in [0.4, 0.5) is 0 Å². The molecule has 0 radical (unpaired) electrons. The molecule has 4 rings (SSSR count). The van der Waals surface area contributed by atoms with Crippen LogP contribution in [0.25, 0.3) is 0 Å². The second-order valence-electron chi connectivity index (χ2n) is 7.82. The first-order chi connectivity index (χ1) is 16.6. The minimum atomic E-state index is -2.74. The zero-order chi connectivity index (χ0) is 25.6. The standard InChI is InChI=1S/C20H16OS.C6H8O7/c1-21-20(15-9-3-2-4-10-15)16-11-5-7-13-18(16)22-19-14-8-6-12-17(19)20;7-3(8)1-6(13,5(11)12)2-4(9)10/h2-14H,1H3;13H,1-2H2,(H,7,8)(H,9,10)(H,11,12). The van der Waals surface area contributed by atoms with Crippen LogP contribution >= 0.6 is 11.8 Å². The Morgan fingerprint density at radius 3 is 1.60 bits per heavy atom. The van der Waals surface area contributed by atoms with E-state index in [9.17, 15) is 14.4 Å². The van der Waals surface area contributed by atoms with E-state index in [-0.39, 0.29) is 0 Å². The molecular formula is C26H24O8S. The van der Waals surface area contributed by atoms with Gasteiger partial charge in [0.2, 0.25) is 0 Å². The van der Waals surface area contributed by atoms with E-state index in [0.717, 1.165) is 5.56 Å². The third-order valence-corrected chi connectivity index (χ3v) is 6.68. The highest BCUT2D eigenvalue weighted by molar-refractivity contribution is 7.99. The number of carbonyl (C=O) groups is 3. The summed E-state index contributed by atoms with van der Waals surface area (Å²) in [6.45, 7) is 0. The Morgan fingerprint density at radius 2 is 1.20 bits per heavy atom. The number of aliphatic hydroxyl groups is 1. The zero-order valence-corrected chi connectivity index (χ0v) is 19.6. The van der Waals surface area contributed by atoms with E-state index in [1.807, 2.05) is 17.8 Å². The van der Waals surface area contributed by atoms with Gasteiger partial charge in [0.1, 0.15) is 5.60 Å². The fourth-order valence-corrected chi connectivity index (χ4v) is 5.17. The second kappa shape index (κ2) is 10.7. The van der Waals surface area contributed by atoms with Gasteiger partial charge in [-0.3, -0.25) is 9.59 Å². The maximum absolute atomic E-state index is 10.3. The van der Waals surface area contributed by atoms with E-state index in [0.29, 0.717) is 0 Å². The van der Waals surface area contributed by atoms with Crippen molar-refractivity contribution in [1.82, 2.24) is 0 Å². The lowest BCUT2D eigenvalue weighted by Gasteiger charge is -2.39. The van der Waals surface area contributed by atoms with Crippen LogP contribution < -0.4 is 0 Å². The number of methoxy groups -OCH3 is 1. The summed E-state index contributed by atoms with van der Waals surface area (Å²) in [6, 6.07) is 27.5. The number of benzene rings is 3. The minimum absolute atomic E-state index is 0.542. The molecule has 4 N–H and O–H groups in total. The fourth-order valence-electron chi connectivity index (χ4n) is 3.99. The molecule has 0 saturated heterocycles. The largest absolute Gasteiger partial charge is 0.481 e. The maximum Gasteiger partial charge on any atom is 0.336 e. The number of rotatable bonds is 7. The molecule has 8 nitrogen and oxygen atoms in total. The lowest BCUT2D eigenvalue weighted by Crippen LogP contribution is -2.42. The van der Waals surface area contributed by atoms with Gasteiger partial charge in [0.05, 0.1) is 12.8 Å². The third kappa shape index (κ3) is 5.37. The van der Waals surface area contributed by atoms with Crippen LogP contribution in [0.3, 0.4) is 0 Å². The van der Waals surface area contributed by atoms with Gasteiger partial charge in [-0.15, -0.1) is 0 Å². The van der Waals surface area contributed by atoms with Crippen molar-refractivity contribution in [3.8, 4) is 0 Å². The van der Waals surface area contributed by atoms with Crippen LogP contribution in [0.5, 0.6) is 0 Å². The predicted molar refractivity (Wildman–Crippen MR) is 127 cm³/mol. The van der Waals surface area contributed by atoms with Crippen molar-refractivity contribution in [3.05, 3.63) is 95.6 Å². The number of hydrogen-bond donors (Lipinski definition) is 4. The van der Waals surface area contributed by atoms with Crippen LogP contribution in [0.1, 0.15) is 29.5 Å². The molecule has 0 amide bonds. The molecule has 0 aliphatic carbocycles. The van der Waals surface area contributed by atoms with Crippen LogP contribution in [0.15, 0.2) is 88.7 Å². The van der Waals surface area contributed by atoms with Gasteiger partial charge in [-0.2, -0.15) is 0 Å². The molecule has 3 aromatic rings. The van der Waals surface area contributed by atoms with Gasteiger partial charge in [0.25, 0.3) is 0 Å². The topological polar surface area (TPSA) is 141 Å². The summed E-state index contributed by atoms with van der Waals surface area (Å²) in [7, 11) is 1.80. The number of carboxylic acids is 3. The molecule has 0 bridgehead atoms. The average molecular weight is 497 g/mol. The molecule has 9 heteroatoms. The number of carboxylic acid groups (broad SMARTS) is 3. The minimum Gasteiger partial charge on any atom is -0.481 e. The highest BCUT2D eigenvalue weighted by Gasteiger charge is 2.43. The molecular weight excluding hydrogens is 472 g/mol. The molecule has 35 heavy (non-hydrogen) atoms. The SMILES string of the molecule is COC1(c2ccccc2)c2ccccc2Sc2ccccc21.O=C(O)CC(O)(CC(=O)O)C(=O)O. The van der Waals surface area contributed by atoms with Crippen LogP contribution in [0, 0.1) is 0 Å². The van der Waals surface area contributed by atoms with Crippen molar-refractivity contribution in [3.63, 3.8) is 0 Å². The summed E-state index contributed by atoms with van der Waals surface area (Å²) < 4.78 is 6.20. The molecule has 1 aliphatic heterocycles. The van der Waals surface area contributed by atoms with Crippen molar-refractivity contribution in [1.29, 1.82) is 0 Å². The Bertz CT molecular complexity index is 1160. The van der Waals surface area contributed by atoms with Gasteiger partial charge in [0.15, 0.2) is 5.60 Å². The Kier molecular flexibility index (Phi) is 7.96. The van der Waals surface area contributed by atoms with Crippen molar-refractivity contribution in [2.45, 2.75) is 33.8 Å². The number of hydrogen-bond acceptors (Lipinski definition) is 6. The average Bonchev–Trinajstić information content (AvgIpc) is 2.82. The number of ether oxygens (including phenoxy) is 1. The monoisotopic (exact) mass is 496 g/mol. The van der Waals surface area contributed by atoms with Crippen LogP contribution in [-0.4, -0.2) is 51.0 Å². The first-order valence-electron chi connectivity index (χ1n) is 10.5. The number of fused-ring (bicyclic) bond motifs is 2. The summed E-state index contributed by atoms with van der Waals surface area (Å²) in [4.78, 5) is 33.0. The van der Waals surface area contributed by atoms with E-state index >= 15 is 0 Å². The van der Waals surface area contributed by atoms with E-state index < -0.39 is 42.0 Å². The highest BCUT2D eigenvalue weighted by Crippen LogP contribution is 2.52. The summed E-state index contributed by atoms with van der Waals surface area (Å²) in [6.07, 6.45) is -2.29. The van der Waals surface area contributed by atoms with E-state index in [1.165, 1.54) is 20.9 Å².